The minimum atomic E-state index is 0. The van der Waals surface area contributed by atoms with E-state index in [1.165, 1.54) is 11.1 Å². The zero-order chi connectivity index (χ0) is 15.1. The molecule has 22 heavy (non-hydrogen) atoms. The lowest BCUT2D eigenvalue weighted by Gasteiger charge is -2.24. The zero-order valence-corrected chi connectivity index (χ0v) is 16.0. The zero-order valence-electron chi connectivity index (χ0n) is 13.7. The lowest BCUT2D eigenvalue weighted by Crippen LogP contribution is -2.42. The fourth-order valence-corrected chi connectivity index (χ4v) is 2.68. The molecule has 1 aromatic rings. The first-order chi connectivity index (χ1) is 10.2. The second-order valence-corrected chi connectivity index (χ2v) is 5.64. The third-order valence-electron chi connectivity index (χ3n) is 3.94. The molecule has 2 rings (SSSR count). The molecule has 0 bridgehead atoms. The number of aryl methyl sites for hydroxylation is 1. The van der Waals surface area contributed by atoms with Crippen LogP contribution in [0.3, 0.4) is 0 Å². The number of hydrogen-bond acceptors (Lipinski definition) is 3. The van der Waals surface area contributed by atoms with Crippen molar-refractivity contribution in [3.8, 4) is 0 Å². The van der Waals surface area contributed by atoms with Gasteiger partial charge in [0.1, 0.15) is 0 Å². The molecule has 1 unspecified atom stereocenters. The van der Waals surface area contributed by atoms with E-state index in [9.17, 15) is 0 Å². The number of nitrogens with one attached hydrogen (secondary N) is 1. The van der Waals surface area contributed by atoms with Crippen molar-refractivity contribution in [1.82, 2.24) is 15.2 Å². The Balaban J connectivity index is 0.00000242. The number of guanidine groups is 1. The van der Waals surface area contributed by atoms with E-state index in [4.69, 9.17) is 4.74 Å². The Hall–Kier alpha value is -0.890. The Labute approximate surface area is 150 Å². The van der Waals surface area contributed by atoms with Gasteiger partial charge in [0.2, 0.25) is 0 Å². The predicted octanol–water partition coefficient (Wildman–Crippen LogP) is 2.09. The molecule has 0 aromatic carbocycles. The summed E-state index contributed by atoms with van der Waals surface area (Å²) in [6, 6.07) is 2.08. The van der Waals surface area contributed by atoms with Crippen LogP contribution in [0, 0.1) is 12.8 Å². The average molecular weight is 418 g/mol. The first-order valence-electron chi connectivity index (χ1n) is 7.59. The Morgan fingerprint density at radius 1 is 1.55 bits per heavy atom. The van der Waals surface area contributed by atoms with E-state index in [1.54, 1.807) is 0 Å². The molecule has 0 spiro atoms. The number of nitrogens with zero attached hydrogens (tertiary/aromatic N) is 3. The van der Waals surface area contributed by atoms with E-state index in [1.807, 2.05) is 19.4 Å². The summed E-state index contributed by atoms with van der Waals surface area (Å²) in [6.45, 7) is 5.74. The van der Waals surface area contributed by atoms with E-state index >= 15 is 0 Å². The molecule has 0 amide bonds. The van der Waals surface area contributed by atoms with Gasteiger partial charge in [-0.05, 0) is 37.0 Å². The molecule has 6 heteroatoms. The molecule has 0 radical (unpaired) electrons. The summed E-state index contributed by atoms with van der Waals surface area (Å²) in [5.74, 6) is 1.57. The van der Waals surface area contributed by atoms with Crippen molar-refractivity contribution in [2.24, 2.45) is 10.9 Å². The fourth-order valence-electron chi connectivity index (χ4n) is 2.68. The molecular formula is C16H27IN4O. The van der Waals surface area contributed by atoms with E-state index in [-0.39, 0.29) is 24.0 Å². The van der Waals surface area contributed by atoms with Crippen LogP contribution in [0.1, 0.15) is 17.5 Å². The number of ether oxygens (including phenoxy) is 1. The van der Waals surface area contributed by atoms with Crippen LogP contribution in [-0.2, 0) is 11.2 Å². The molecule has 1 aliphatic rings. The summed E-state index contributed by atoms with van der Waals surface area (Å²) in [5, 5.41) is 3.43. The Bertz CT molecular complexity index is 475. The lowest BCUT2D eigenvalue weighted by atomic mass is 10.1. The van der Waals surface area contributed by atoms with Gasteiger partial charge in [-0.25, -0.2) is 0 Å². The summed E-state index contributed by atoms with van der Waals surface area (Å²) in [4.78, 5) is 10.7. The number of rotatable bonds is 5. The maximum atomic E-state index is 5.43. The predicted molar refractivity (Wildman–Crippen MR) is 101 cm³/mol. The quantitative estimate of drug-likeness (QED) is 0.452. The van der Waals surface area contributed by atoms with Crippen LogP contribution in [0.25, 0.3) is 0 Å². The summed E-state index contributed by atoms with van der Waals surface area (Å²) in [6.07, 6.45) is 5.89. The molecule has 1 aromatic heterocycles. The van der Waals surface area contributed by atoms with Crippen molar-refractivity contribution in [2.75, 3.05) is 40.4 Å². The van der Waals surface area contributed by atoms with Gasteiger partial charge in [-0.3, -0.25) is 9.98 Å². The molecule has 0 saturated carbocycles. The summed E-state index contributed by atoms with van der Waals surface area (Å²) in [5.41, 5.74) is 2.57. The molecule has 1 aliphatic heterocycles. The Morgan fingerprint density at radius 2 is 2.36 bits per heavy atom. The van der Waals surface area contributed by atoms with Gasteiger partial charge in [0.15, 0.2) is 5.96 Å². The van der Waals surface area contributed by atoms with E-state index in [0.29, 0.717) is 5.92 Å². The summed E-state index contributed by atoms with van der Waals surface area (Å²) < 4.78 is 5.43. The molecule has 1 saturated heterocycles. The Kier molecular flexibility index (Phi) is 8.70. The van der Waals surface area contributed by atoms with Crippen molar-refractivity contribution in [2.45, 2.75) is 19.8 Å². The highest BCUT2D eigenvalue weighted by Gasteiger charge is 2.18. The first-order valence-corrected chi connectivity index (χ1v) is 7.59. The molecular weight excluding hydrogens is 391 g/mol. The smallest absolute Gasteiger partial charge is 0.193 e. The fraction of sp³-hybridized carbons (Fsp3) is 0.625. The topological polar surface area (TPSA) is 49.8 Å². The van der Waals surface area contributed by atoms with Crippen molar-refractivity contribution in [3.63, 3.8) is 0 Å². The van der Waals surface area contributed by atoms with E-state index < -0.39 is 0 Å². The normalized spacial score (nSPS) is 18.0. The van der Waals surface area contributed by atoms with Crippen LogP contribution >= 0.6 is 24.0 Å². The highest BCUT2D eigenvalue weighted by molar-refractivity contribution is 14.0. The molecule has 1 N–H and O–H groups in total. The molecule has 5 nitrogen and oxygen atoms in total. The summed E-state index contributed by atoms with van der Waals surface area (Å²) in [7, 11) is 3.92. The average Bonchev–Trinajstić information content (AvgIpc) is 2.98. The minimum Gasteiger partial charge on any atom is -0.381 e. The molecule has 124 valence electrons. The van der Waals surface area contributed by atoms with Crippen molar-refractivity contribution < 1.29 is 4.74 Å². The second-order valence-electron chi connectivity index (χ2n) is 5.64. The van der Waals surface area contributed by atoms with Gasteiger partial charge in [0.05, 0.1) is 6.61 Å². The van der Waals surface area contributed by atoms with E-state index in [0.717, 1.165) is 45.1 Å². The van der Waals surface area contributed by atoms with Crippen LogP contribution in [0.2, 0.25) is 0 Å². The van der Waals surface area contributed by atoms with Crippen LogP contribution in [0.4, 0.5) is 0 Å². The van der Waals surface area contributed by atoms with Gasteiger partial charge >= 0.3 is 0 Å². The van der Waals surface area contributed by atoms with Gasteiger partial charge in [-0.15, -0.1) is 24.0 Å². The van der Waals surface area contributed by atoms with Gasteiger partial charge in [-0.2, -0.15) is 0 Å². The maximum Gasteiger partial charge on any atom is 0.193 e. The monoisotopic (exact) mass is 418 g/mol. The third-order valence-corrected chi connectivity index (χ3v) is 3.94. The number of pyridine rings is 1. The Morgan fingerprint density at radius 3 is 3.00 bits per heavy atom. The molecule has 1 fully saturated rings. The van der Waals surface area contributed by atoms with Crippen LogP contribution < -0.4 is 5.32 Å². The van der Waals surface area contributed by atoms with Crippen LogP contribution in [0.5, 0.6) is 0 Å². The standard InChI is InChI=1S/C16H26N4O.HI/c1-13-10-18-7-4-15(13)5-8-19-16(17-2)20(3)11-14-6-9-21-12-14;/h4,7,10,14H,5-6,8-9,11-12H2,1-3H3,(H,17,19);1H. The number of aromatic nitrogens is 1. The largest absolute Gasteiger partial charge is 0.381 e. The minimum absolute atomic E-state index is 0. The highest BCUT2D eigenvalue weighted by Crippen LogP contribution is 2.13. The number of halogens is 1. The maximum absolute atomic E-state index is 5.43. The highest BCUT2D eigenvalue weighted by atomic mass is 127. The molecule has 2 heterocycles. The van der Waals surface area contributed by atoms with Crippen LogP contribution in [0.15, 0.2) is 23.5 Å². The van der Waals surface area contributed by atoms with Crippen molar-refractivity contribution in [3.05, 3.63) is 29.6 Å². The van der Waals surface area contributed by atoms with Crippen molar-refractivity contribution in [1.29, 1.82) is 0 Å². The second kappa shape index (κ2) is 9.99. The lowest BCUT2D eigenvalue weighted by molar-refractivity contribution is 0.181. The van der Waals surface area contributed by atoms with Gasteiger partial charge in [-0.1, -0.05) is 0 Å². The SMILES string of the molecule is CN=C(NCCc1ccncc1C)N(C)CC1CCOC1.I. The molecule has 1 atom stereocenters. The number of aliphatic imine (C=N–C) groups is 1. The van der Waals surface area contributed by atoms with Gasteiger partial charge in [0.25, 0.3) is 0 Å². The van der Waals surface area contributed by atoms with Crippen molar-refractivity contribution >= 4 is 29.9 Å². The van der Waals surface area contributed by atoms with Gasteiger partial charge in [0, 0.05) is 52.1 Å². The van der Waals surface area contributed by atoms with Crippen LogP contribution in [-0.4, -0.2) is 56.2 Å². The van der Waals surface area contributed by atoms with E-state index in [2.05, 4.69) is 40.2 Å². The first kappa shape index (κ1) is 19.2. The number of hydrogen-bond donors (Lipinski definition) is 1. The molecule has 0 aliphatic carbocycles. The van der Waals surface area contributed by atoms with Gasteiger partial charge < -0.3 is 15.0 Å². The third kappa shape index (κ3) is 5.72. The summed E-state index contributed by atoms with van der Waals surface area (Å²) >= 11 is 0.